The molecule has 1 aliphatic rings. The molecule has 0 aromatic heterocycles. The normalized spacial score (nSPS) is 21.6. The minimum Gasteiger partial charge on any atom is -0.310 e. The lowest BCUT2D eigenvalue weighted by atomic mass is 10.1. The Hall–Kier alpha value is -0.450. The summed E-state index contributed by atoms with van der Waals surface area (Å²) in [6.45, 7) is 10.1. The molecule has 0 radical (unpaired) electrons. The van der Waals surface area contributed by atoms with Gasteiger partial charge in [0.1, 0.15) is 5.82 Å². The Morgan fingerprint density at radius 1 is 1.40 bits per heavy atom. The van der Waals surface area contributed by atoms with Crippen LogP contribution in [0.5, 0.6) is 0 Å². The topological polar surface area (TPSA) is 15.3 Å². The molecule has 1 aromatic rings. The fourth-order valence-corrected chi connectivity index (χ4v) is 3.14. The molecule has 1 fully saturated rings. The Morgan fingerprint density at radius 2 is 2.15 bits per heavy atom. The quantitative estimate of drug-likeness (QED) is 0.870. The second-order valence-electron chi connectivity index (χ2n) is 6.05. The number of likely N-dealkylation sites (tertiary alicyclic amines) is 1. The van der Waals surface area contributed by atoms with Crippen LogP contribution in [0.15, 0.2) is 22.7 Å². The second-order valence-corrected chi connectivity index (χ2v) is 6.90. The van der Waals surface area contributed by atoms with Crippen LogP contribution in [0.4, 0.5) is 4.39 Å². The van der Waals surface area contributed by atoms with E-state index in [0.717, 1.165) is 18.0 Å². The van der Waals surface area contributed by atoms with Crippen molar-refractivity contribution in [2.24, 2.45) is 5.92 Å². The summed E-state index contributed by atoms with van der Waals surface area (Å²) in [7, 11) is 0. The molecule has 1 aromatic carbocycles. The summed E-state index contributed by atoms with van der Waals surface area (Å²) < 4.78 is 13.8. The van der Waals surface area contributed by atoms with Gasteiger partial charge in [0.05, 0.1) is 4.47 Å². The summed E-state index contributed by atoms with van der Waals surface area (Å²) in [6, 6.07) is 6.13. The Morgan fingerprint density at radius 3 is 2.75 bits per heavy atom. The van der Waals surface area contributed by atoms with Crippen molar-refractivity contribution >= 4 is 15.9 Å². The fourth-order valence-electron chi connectivity index (χ4n) is 2.74. The molecule has 112 valence electrons. The van der Waals surface area contributed by atoms with Gasteiger partial charge in [0.25, 0.3) is 0 Å². The Bertz CT molecular complexity index is 450. The van der Waals surface area contributed by atoms with Gasteiger partial charge in [-0.05, 0) is 79.8 Å². The lowest BCUT2D eigenvalue weighted by Crippen LogP contribution is -2.31. The van der Waals surface area contributed by atoms with Crippen molar-refractivity contribution in [1.29, 1.82) is 0 Å². The van der Waals surface area contributed by atoms with Crippen LogP contribution in [0.3, 0.4) is 0 Å². The Kier molecular flexibility index (Phi) is 5.58. The van der Waals surface area contributed by atoms with E-state index in [0.29, 0.717) is 10.5 Å². The van der Waals surface area contributed by atoms with Crippen molar-refractivity contribution in [3.63, 3.8) is 0 Å². The summed E-state index contributed by atoms with van der Waals surface area (Å²) in [5.74, 6) is 0.521. The zero-order chi connectivity index (χ0) is 14.7. The molecule has 1 N–H and O–H groups in total. The van der Waals surface area contributed by atoms with E-state index in [9.17, 15) is 4.39 Å². The van der Waals surface area contributed by atoms with Crippen LogP contribution in [0, 0.1) is 11.7 Å². The lowest BCUT2D eigenvalue weighted by Gasteiger charge is -2.21. The van der Waals surface area contributed by atoms with Gasteiger partial charge >= 0.3 is 0 Å². The lowest BCUT2D eigenvalue weighted by molar-refractivity contribution is 0.263. The first kappa shape index (κ1) is 15.9. The van der Waals surface area contributed by atoms with E-state index >= 15 is 0 Å². The molecule has 0 aliphatic carbocycles. The van der Waals surface area contributed by atoms with Gasteiger partial charge in [-0.1, -0.05) is 6.07 Å². The van der Waals surface area contributed by atoms with Crippen molar-refractivity contribution in [1.82, 2.24) is 10.2 Å². The van der Waals surface area contributed by atoms with Gasteiger partial charge in [-0.25, -0.2) is 4.39 Å². The molecule has 0 bridgehead atoms. The van der Waals surface area contributed by atoms with E-state index in [-0.39, 0.29) is 11.9 Å². The highest BCUT2D eigenvalue weighted by Gasteiger charge is 2.24. The highest BCUT2D eigenvalue weighted by atomic mass is 79.9. The van der Waals surface area contributed by atoms with Crippen LogP contribution in [-0.2, 0) is 0 Å². The number of benzene rings is 1. The summed E-state index contributed by atoms with van der Waals surface area (Å²) in [4.78, 5) is 2.53. The number of nitrogens with zero attached hydrogens (tertiary/aromatic N) is 1. The van der Waals surface area contributed by atoms with E-state index in [2.05, 4.69) is 46.9 Å². The third-order valence-corrected chi connectivity index (χ3v) is 4.81. The van der Waals surface area contributed by atoms with Gasteiger partial charge in [-0.3, -0.25) is 0 Å². The molecule has 2 rings (SSSR count). The average Bonchev–Trinajstić information content (AvgIpc) is 2.88. The van der Waals surface area contributed by atoms with Crippen molar-refractivity contribution in [2.75, 3.05) is 19.6 Å². The molecular formula is C16H24BrFN2. The maximum atomic E-state index is 13.2. The molecule has 0 amide bonds. The van der Waals surface area contributed by atoms with Crippen LogP contribution in [0.1, 0.15) is 38.8 Å². The van der Waals surface area contributed by atoms with Crippen molar-refractivity contribution in [3.8, 4) is 0 Å². The molecule has 0 spiro atoms. The Balaban J connectivity index is 1.83. The van der Waals surface area contributed by atoms with E-state index in [1.165, 1.54) is 25.6 Å². The minimum absolute atomic E-state index is 0.204. The zero-order valence-electron chi connectivity index (χ0n) is 12.5. The third-order valence-electron chi connectivity index (χ3n) is 4.20. The van der Waals surface area contributed by atoms with Gasteiger partial charge in [0.2, 0.25) is 0 Å². The number of halogens is 2. The van der Waals surface area contributed by atoms with Crippen LogP contribution < -0.4 is 5.32 Å². The summed E-state index contributed by atoms with van der Waals surface area (Å²) in [5, 5.41) is 3.58. The van der Waals surface area contributed by atoms with Gasteiger partial charge in [-0.15, -0.1) is 0 Å². The van der Waals surface area contributed by atoms with Gasteiger partial charge in [0.15, 0.2) is 0 Å². The van der Waals surface area contributed by atoms with E-state index in [1.54, 1.807) is 0 Å². The molecule has 0 saturated carbocycles. The molecule has 2 atom stereocenters. The predicted molar refractivity (Wildman–Crippen MR) is 85.3 cm³/mol. The summed E-state index contributed by atoms with van der Waals surface area (Å²) in [5.41, 5.74) is 1.12. The van der Waals surface area contributed by atoms with E-state index < -0.39 is 0 Å². The van der Waals surface area contributed by atoms with Crippen LogP contribution in [0.25, 0.3) is 0 Å². The number of hydrogen-bond donors (Lipinski definition) is 1. The first-order chi connectivity index (χ1) is 9.47. The highest BCUT2D eigenvalue weighted by molar-refractivity contribution is 9.10. The number of hydrogen-bond acceptors (Lipinski definition) is 2. The smallest absolute Gasteiger partial charge is 0.137 e. The zero-order valence-corrected chi connectivity index (χ0v) is 14.1. The molecule has 1 saturated heterocycles. The third kappa shape index (κ3) is 4.03. The molecule has 2 nitrogen and oxygen atoms in total. The van der Waals surface area contributed by atoms with Crippen LogP contribution in [0.2, 0.25) is 0 Å². The highest BCUT2D eigenvalue weighted by Crippen LogP contribution is 2.22. The molecular weight excluding hydrogens is 319 g/mol. The number of rotatable bonds is 5. The summed E-state index contributed by atoms with van der Waals surface area (Å²) in [6.07, 6.45) is 1.27. The Labute approximate surface area is 129 Å². The molecule has 1 aliphatic heterocycles. The molecule has 1 heterocycles. The SMILES string of the molecule is CC(NCC1CCN(C(C)C)C1)c1ccc(F)c(Br)c1. The van der Waals surface area contributed by atoms with Crippen LogP contribution in [-0.4, -0.2) is 30.6 Å². The van der Waals surface area contributed by atoms with Crippen LogP contribution >= 0.6 is 15.9 Å². The second kappa shape index (κ2) is 7.01. The average molecular weight is 343 g/mol. The van der Waals surface area contributed by atoms with Crippen molar-refractivity contribution < 1.29 is 4.39 Å². The monoisotopic (exact) mass is 342 g/mol. The van der Waals surface area contributed by atoms with Crippen molar-refractivity contribution in [2.45, 2.75) is 39.3 Å². The van der Waals surface area contributed by atoms with Gasteiger partial charge < -0.3 is 10.2 Å². The standard InChI is InChI=1S/C16H24BrFN2/c1-11(2)20-7-6-13(10-20)9-19-12(3)14-4-5-16(18)15(17)8-14/h4-5,8,11-13,19H,6-7,9-10H2,1-3H3. The van der Waals surface area contributed by atoms with Crippen molar-refractivity contribution in [3.05, 3.63) is 34.1 Å². The maximum Gasteiger partial charge on any atom is 0.137 e. The minimum atomic E-state index is -0.204. The van der Waals surface area contributed by atoms with Gasteiger partial charge in [0, 0.05) is 18.6 Å². The number of nitrogens with one attached hydrogen (secondary N) is 1. The fraction of sp³-hybridized carbons (Fsp3) is 0.625. The summed E-state index contributed by atoms with van der Waals surface area (Å²) >= 11 is 3.25. The first-order valence-corrected chi connectivity index (χ1v) is 8.19. The van der Waals surface area contributed by atoms with E-state index in [1.807, 2.05) is 12.1 Å². The largest absolute Gasteiger partial charge is 0.310 e. The van der Waals surface area contributed by atoms with Gasteiger partial charge in [-0.2, -0.15) is 0 Å². The molecule has 20 heavy (non-hydrogen) atoms. The first-order valence-electron chi connectivity index (χ1n) is 7.39. The maximum absolute atomic E-state index is 13.2. The molecule has 4 heteroatoms. The molecule has 2 unspecified atom stereocenters. The van der Waals surface area contributed by atoms with E-state index in [4.69, 9.17) is 0 Å². The predicted octanol–water partition coefficient (Wildman–Crippen LogP) is 3.97.